The number of benzene rings is 1. The fraction of sp³-hybridized carbons (Fsp3) is 0.689. The number of aromatic amines is 1. The van der Waals surface area contributed by atoms with Crippen LogP contribution in [0.3, 0.4) is 0 Å². The molecule has 62 heavy (non-hydrogen) atoms. The van der Waals surface area contributed by atoms with E-state index in [0.29, 0.717) is 36.5 Å². The van der Waals surface area contributed by atoms with Crippen molar-refractivity contribution in [3.8, 4) is 0 Å². The van der Waals surface area contributed by atoms with E-state index in [2.05, 4.69) is 63.5 Å². The number of nitrogens with one attached hydrogen (secondary N) is 3. The molecule has 4 heterocycles. The van der Waals surface area contributed by atoms with Gasteiger partial charge in [0.15, 0.2) is 11.9 Å². The third-order valence-electron chi connectivity index (χ3n) is 12.9. The first-order valence-corrected chi connectivity index (χ1v) is 23.2. The molecule has 17 heteroatoms. The predicted octanol–water partition coefficient (Wildman–Crippen LogP) is 5.00. The number of H-pyrrole nitrogens is 1. The molecular formula is C45H71N9O7S. The zero-order chi connectivity index (χ0) is 45.2. The molecule has 2 amide bonds. The number of ether oxygens (including phenoxy) is 2. The lowest BCUT2D eigenvalue weighted by atomic mass is 9.79. The van der Waals surface area contributed by atoms with Crippen LogP contribution < -0.4 is 16.4 Å². The first-order chi connectivity index (χ1) is 29.4. The molecule has 2 aliphatic rings. The van der Waals surface area contributed by atoms with E-state index >= 15 is 0 Å². The highest BCUT2D eigenvalue weighted by atomic mass is 32.1. The molecule has 344 valence electrons. The lowest BCUT2D eigenvalue weighted by Gasteiger charge is -2.44. The van der Waals surface area contributed by atoms with Crippen LogP contribution in [0.25, 0.3) is 0 Å². The van der Waals surface area contributed by atoms with Crippen molar-refractivity contribution in [3.63, 3.8) is 0 Å². The second-order valence-electron chi connectivity index (χ2n) is 18.5. The Bertz CT molecular complexity index is 1870. The number of thiazole rings is 1. The van der Waals surface area contributed by atoms with Gasteiger partial charge in [0.05, 0.1) is 24.0 Å². The van der Waals surface area contributed by atoms with Crippen molar-refractivity contribution in [3.05, 3.63) is 57.8 Å². The molecule has 8 atom stereocenters. The lowest BCUT2D eigenvalue weighted by Crippen LogP contribution is -2.61. The Morgan fingerprint density at radius 1 is 1.16 bits per heavy atom. The van der Waals surface area contributed by atoms with Crippen LogP contribution in [0.5, 0.6) is 0 Å². The summed E-state index contributed by atoms with van der Waals surface area (Å²) < 4.78 is 11.4. The number of epoxide rings is 1. The summed E-state index contributed by atoms with van der Waals surface area (Å²) in [6.07, 6.45) is 6.77. The average Bonchev–Trinajstić information content (AvgIpc) is 3.56. The van der Waals surface area contributed by atoms with Gasteiger partial charge in [-0.25, -0.2) is 4.98 Å². The molecule has 2 unspecified atom stereocenters. The van der Waals surface area contributed by atoms with Crippen molar-refractivity contribution in [1.29, 1.82) is 0 Å². The molecule has 2 aromatic heterocycles. The summed E-state index contributed by atoms with van der Waals surface area (Å²) in [6.45, 7) is 15.0. The van der Waals surface area contributed by atoms with Crippen molar-refractivity contribution in [2.45, 2.75) is 155 Å². The minimum absolute atomic E-state index is 0.0264. The number of unbranched alkanes of at least 4 members (excludes halogenated alkanes) is 1. The second kappa shape index (κ2) is 22.1. The van der Waals surface area contributed by atoms with Crippen LogP contribution in [0.15, 0.2) is 35.8 Å². The molecule has 16 nitrogen and oxygen atoms in total. The number of likely N-dealkylation sites (N-methyl/N-ethyl adjacent to an activating group) is 1. The lowest BCUT2D eigenvalue weighted by molar-refractivity contribution is -0.150. The molecule has 0 saturated carbocycles. The number of aliphatic hydroxyl groups excluding tert-OH is 1. The van der Waals surface area contributed by atoms with Gasteiger partial charge in [-0.3, -0.25) is 24.2 Å². The van der Waals surface area contributed by atoms with Gasteiger partial charge in [-0.05, 0) is 88.1 Å². The summed E-state index contributed by atoms with van der Waals surface area (Å²) in [4.78, 5) is 49.5. The minimum atomic E-state index is -1.26. The smallest absolute Gasteiger partial charge is 0.303 e. The van der Waals surface area contributed by atoms with E-state index in [1.807, 2.05) is 45.2 Å². The Kier molecular flexibility index (Phi) is 17.4. The number of piperidine rings is 1. The summed E-state index contributed by atoms with van der Waals surface area (Å²) in [5.74, 6) is -2.31. The van der Waals surface area contributed by atoms with Crippen LogP contribution in [-0.4, -0.2) is 121 Å². The number of anilines is 1. The Morgan fingerprint density at radius 3 is 2.50 bits per heavy atom. The summed E-state index contributed by atoms with van der Waals surface area (Å²) in [7, 11) is 1.98. The highest BCUT2D eigenvalue weighted by molar-refractivity contribution is 7.09. The molecule has 3 aromatic rings. The minimum Gasteiger partial charge on any atom is -0.455 e. The Morgan fingerprint density at radius 2 is 1.89 bits per heavy atom. The summed E-state index contributed by atoms with van der Waals surface area (Å²) in [5.41, 5.74) is 7.93. The van der Waals surface area contributed by atoms with Crippen LogP contribution in [0.1, 0.15) is 133 Å². The maximum atomic E-state index is 14.0. The number of aryl methyl sites for hydroxylation is 1. The fourth-order valence-electron chi connectivity index (χ4n) is 8.63. The number of rotatable bonds is 24. The average molecular weight is 882 g/mol. The van der Waals surface area contributed by atoms with E-state index in [1.165, 1.54) is 18.3 Å². The van der Waals surface area contributed by atoms with Crippen molar-refractivity contribution >= 4 is 34.8 Å². The Balaban J connectivity index is 1.39. The predicted molar refractivity (Wildman–Crippen MR) is 239 cm³/mol. The highest BCUT2D eigenvalue weighted by Gasteiger charge is 2.56. The highest BCUT2D eigenvalue weighted by Crippen LogP contribution is 2.45. The Labute approximate surface area is 371 Å². The second-order valence-corrected chi connectivity index (χ2v) is 19.4. The topological polar surface area (TPSA) is 224 Å². The number of carbonyl (C=O) groups is 3. The molecule has 7 N–H and O–H groups in total. The number of hydrogen-bond donors (Lipinski definition) is 6. The van der Waals surface area contributed by atoms with Crippen LogP contribution in [0.4, 0.5) is 5.69 Å². The monoisotopic (exact) mass is 882 g/mol. The molecule has 2 aliphatic heterocycles. The van der Waals surface area contributed by atoms with E-state index < -0.39 is 41.5 Å². The van der Waals surface area contributed by atoms with E-state index in [-0.39, 0.29) is 54.6 Å². The van der Waals surface area contributed by atoms with Crippen molar-refractivity contribution in [2.75, 3.05) is 32.5 Å². The molecule has 0 radical (unpaired) electrons. The summed E-state index contributed by atoms with van der Waals surface area (Å²) >= 11 is 1.24. The number of hydrogen-bond acceptors (Lipinski definition) is 14. The largest absolute Gasteiger partial charge is 0.455 e. The number of aromatic nitrogens is 4. The quantitative estimate of drug-likeness (QED) is 0.0230. The molecule has 1 aromatic carbocycles. The number of carbonyl (C=O) groups excluding carboxylic acids is 3. The van der Waals surface area contributed by atoms with Crippen molar-refractivity contribution < 1.29 is 34.1 Å². The van der Waals surface area contributed by atoms with Crippen LogP contribution in [0, 0.1) is 17.3 Å². The van der Waals surface area contributed by atoms with Gasteiger partial charge in [0, 0.05) is 48.5 Å². The molecule has 2 fully saturated rings. The standard InChI is InChI=1S/C45H71N9O7S/c1-9-29(4)39(50-41(57)36-15-11-12-20-53(36)8)43(58)54(21-13-10-14-33-25-47-52-51-33)37(28(2)3)23-38(61-30(5)55)42-49-35(26-62-42)40(56)48-34(22-31-16-18-32(46)19-17-31)24-44(6,7)45(59)27-60-45/h16-19,25-26,28-29,34,36-39,43,58-59H,9-15,20-24,27,46H2,1-8H3,(H,48,56)(H,50,57)(H,47,51,52)/t29-,34-,36+,37+,38+,39-,43?,45?/m0/s1. The number of esters is 1. The number of nitrogens with zero attached hydrogens (tertiary/aromatic N) is 5. The van der Waals surface area contributed by atoms with E-state index in [1.54, 1.807) is 11.6 Å². The van der Waals surface area contributed by atoms with Gasteiger partial charge in [-0.15, -0.1) is 11.3 Å². The normalized spacial score (nSPS) is 21.2. The molecular weight excluding hydrogens is 811 g/mol. The molecule has 5 rings (SSSR count). The fourth-order valence-corrected chi connectivity index (χ4v) is 9.47. The van der Waals surface area contributed by atoms with Gasteiger partial charge in [0.1, 0.15) is 23.5 Å². The SMILES string of the molecule is CC[C@H](C)[C@H](NC(=O)[C@H]1CCCCN1C)C(O)N(CCCCc1cn[nH]n1)[C@H](C[C@@H](OC(C)=O)c1nc(C(=O)N[C@@H](Cc2ccc(N)cc2)CC(C)(C)C2(O)CO2)cs1)C(C)C. The van der Waals surface area contributed by atoms with E-state index in [0.717, 1.165) is 56.3 Å². The zero-order valence-corrected chi connectivity index (χ0v) is 38.7. The third kappa shape index (κ3) is 13.3. The summed E-state index contributed by atoms with van der Waals surface area (Å²) in [5, 5.41) is 42.8. The van der Waals surface area contributed by atoms with Gasteiger partial charge in [0.25, 0.3) is 5.91 Å². The van der Waals surface area contributed by atoms with Gasteiger partial charge >= 0.3 is 5.97 Å². The molecule has 2 saturated heterocycles. The number of nitrogens with two attached hydrogens (primary N) is 1. The maximum absolute atomic E-state index is 14.0. The van der Waals surface area contributed by atoms with Crippen molar-refractivity contribution in [2.24, 2.45) is 17.3 Å². The number of likely N-dealkylation sites (tertiary alicyclic amines) is 1. The number of nitrogen functional groups attached to an aromatic ring is 1. The van der Waals surface area contributed by atoms with Crippen molar-refractivity contribution in [1.82, 2.24) is 40.8 Å². The van der Waals surface area contributed by atoms with Gasteiger partial charge in [-0.2, -0.15) is 15.4 Å². The molecule has 0 spiro atoms. The first-order valence-electron chi connectivity index (χ1n) is 22.3. The summed E-state index contributed by atoms with van der Waals surface area (Å²) in [6, 6.07) is 5.94. The maximum Gasteiger partial charge on any atom is 0.303 e. The number of aliphatic hydroxyl groups is 2. The van der Waals surface area contributed by atoms with Gasteiger partial charge < -0.3 is 36.1 Å². The number of amides is 2. The van der Waals surface area contributed by atoms with Crippen LogP contribution in [0.2, 0.25) is 0 Å². The first kappa shape index (κ1) is 49.0. The molecule has 0 aliphatic carbocycles. The van der Waals surface area contributed by atoms with Crippen LogP contribution >= 0.6 is 11.3 Å². The van der Waals surface area contributed by atoms with E-state index in [4.69, 9.17) is 20.2 Å². The third-order valence-corrected chi connectivity index (χ3v) is 13.8. The van der Waals surface area contributed by atoms with Crippen LogP contribution in [-0.2, 0) is 31.9 Å². The zero-order valence-electron chi connectivity index (χ0n) is 37.9. The Hall–Kier alpha value is -4.00. The van der Waals surface area contributed by atoms with Gasteiger partial charge in [0.2, 0.25) is 5.91 Å². The van der Waals surface area contributed by atoms with Gasteiger partial charge in [-0.1, -0.05) is 66.5 Å². The van der Waals surface area contributed by atoms with E-state index in [9.17, 15) is 24.6 Å². The molecule has 0 bridgehead atoms.